The van der Waals surface area contributed by atoms with E-state index in [4.69, 9.17) is 0 Å². The zero-order chi connectivity index (χ0) is 16.0. The molecule has 0 heterocycles. The van der Waals surface area contributed by atoms with E-state index in [9.17, 15) is 0 Å². The van der Waals surface area contributed by atoms with Gasteiger partial charge in [0.15, 0.2) is 0 Å². The zero-order valence-electron chi connectivity index (χ0n) is 13.8. The van der Waals surface area contributed by atoms with Crippen LogP contribution in [0.2, 0.25) is 0 Å². The van der Waals surface area contributed by atoms with Gasteiger partial charge in [0.05, 0.1) is 0 Å². The van der Waals surface area contributed by atoms with E-state index < -0.39 is 0 Å². The molecule has 24 heavy (non-hydrogen) atoms. The molecule has 0 heteroatoms. The third-order valence-electron chi connectivity index (χ3n) is 6.02. The molecule has 0 nitrogen and oxygen atoms in total. The highest BCUT2D eigenvalue weighted by atomic mass is 14.6. The van der Waals surface area contributed by atoms with Crippen LogP contribution in [-0.4, -0.2) is 0 Å². The molecule has 1 saturated carbocycles. The minimum absolute atomic E-state index is 0.197. The lowest BCUT2D eigenvalue weighted by molar-refractivity contribution is 0.350. The Hall–Kier alpha value is -2.34. The van der Waals surface area contributed by atoms with Gasteiger partial charge in [-0.25, -0.2) is 0 Å². The Morgan fingerprint density at radius 1 is 0.792 bits per heavy atom. The fourth-order valence-electron chi connectivity index (χ4n) is 4.93. The van der Waals surface area contributed by atoms with Crippen LogP contribution in [0, 0.1) is 12.0 Å². The van der Waals surface area contributed by atoms with Gasteiger partial charge in [-0.15, -0.1) is 0 Å². The molecule has 0 spiro atoms. The zero-order valence-corrected chi connectivity index (χ0v) is 13.8. The van der Waals surface area contributed by atoms with Crippen molar-refractivity contribution in [1.82, 2.24) is 0 Å². The van der Waals surface area contributed by atoms with E-state index >= 15 is 0 Å². The molecule has 0 saturated heterocycles. The summed E-state index contributed by atoms with van der Waals surface area (Å²) in [5.41, 5.74) is 6.06. The van der Waals surface area contributed by atoms with Gasteiger partial charge < -0.3 is 0 Å². The van der Waals surface area contributed by atoms with Crippen LogP contribution < -0.4 is 0 Å². The van der Waals surface area contributed by atoms with Gasteiger partial charge in [0.1, 0.15) is 0 Å². The van der Waals surface area contributed by atoms with Crippen LogP contribution in [0.1, 0.15) is 41.0 Å². The third kappa shape index (κ3) is 1.99. The number of rotatable bonds is 3. The summed E-state index contributed by atoms with van der Waals surface area (Å²) in [5.74, 6) is 1.23. The number of benzene rings is 3. The summed E-state index contributed by atoms with van der Waals surface area (Å²) in [6.45, 7) is 0. The second kappa shape index (κ2) is 5.34. The predicted octanol–water partition coefficient (Wildman–Crippen LogP) is 5.52. The molecule has 117 valence electrons. The molecule has 3 aromatic rings. The highest BCUT2D eigenvalue weighted by Gasteiger charge is 2.55. The van der Waals surface area contributed by atoms with Crippen molar-refractivity contribution < 1.29 is 0 Å². The lowest BCUT2D eigenvalue weighted by Crippen LogP contribution is -2.34. The Labute approximate surface area is 144 Å². The summed E-state index contributed by atoms with van der Waals surface area (Å²) in [5, 5.41) is 0. The molecule has 0 aliphatic heterocycles. The van der Waals surface area contributed by atoms with Crippen LogP contribution in [0.25, 0.3) is 0 Å². The molecule has 0 amide bonds. The first kappa shape index (κ1) is 14.0. The van der Waals surface area contributed by atoms with E-state index in [0.717, 1.165) is 12.3 Å². The summed E-state index contributed by atoms with van der Waals surface area (Å²) in [6.07, 6.45) is 3.83. The first-order valence-electron chi connectivity index (χ1n) is 8.99. The predicted molar refractivity (Wildman–Crippen MR) is 98.1 cm³/mol. The van der Waals surface area contributed by atoms with E-state index in [1.54, 1.807) is 0 Å². The van der Waals surface area contributed by atoms with Crippen molar-refractivity contribution in [3.8, 4) is 0 Å². The van der Waals surface area contributed by atoms with E-state index in [-0.39, 0.29) is 5.41 Å². The first-order valence-corrected chi connectivity index (χ1v) is 8.99. The molecule has 1 radical (unpaired) electrons. The van der Waals surface area contributed by atoms with Crippen molar-refractivity contribution in [3.05, 3.63) is 107 Å². The molecule has 2 aliphatic rings. The molecule has 0 aromatic heterocycles. The Bertz CT molecular complexity index is 845. The monoisotopic (exact) mass is 309 g/mol. The topological polar surface area (TPSA) is 0 Å². The molecule has 0 N–H and O–H groups in total. The van der Waals surface area contributed by atoms with Crippen molar-refractivity contribution in [2.45, 2.75) is 30.6 Å². The maximum absolute atomic E-state index is 3.56. The SMILES string of the molecule is [c]1cccc2c1CC(c1ccccc1)(C1CC1)C2c1ccccc1. The molecule has 3 aromatic carbocycles. The highest BCUT2D eigenvalue weighted by molar-refractivity contribution is 5.52. The third-order valence-corrected chi connectivity index (χ3v) is 6.02. The van der Waals surface area contributed by atoms with Crippen molar-refractivity contribution in [2.75, 3.05) is 0 Å². The Morgan fingerprint density at radius 3 is 2.21 bits per heavy atom. The average Bonchev–Trinajstić information content (AvgIpc) is 3.45. The largest absolute Gasteiger partial charge is 0.0622 e. The second-order valence-corrected chi connectivity index (χ2v) is 7.31. The Morgan fingerprint density at radius 2 is 1.50 bits per heavy atom. The Kier molecular flexibility index (Phi) is 3.13. The molecular formula is C24H21. The van der Waals surface area contributed by atoms with E-state index in [2.05, 4.69) is 84.9 Å². The van der Waals surface area contributed by atoms with Gasteiger partial charge >= 0.3 is 0 Å². The van der Waals surface area contributed by atoms with Crippen LogP contribution in [-0.2, 0) is 11.8 Å². The van der Waals surface area contributed by atoms with E-state index in [0.29, 0.717) is 5.92 Å². The molecule has 1 fully saturated rings. The van der Waals surface area contributed by atoms with Gasteiger partial charge in [-0.1, -0.05) is 78.9 Å². The molecule has 0 bridgehead atoms. The average molecular weight is 309 g/mol. The summed E-state index contributed by atoms with van der Waals surface area (Å²) in [7, 11) is 0. The molecule has 2 unspecified atom stereocenters. The second-order valence-electron chi connectivity index (χ2n) is 7.31. The molecule has 5 rings (SSSR count). The van der Waals surface area contributed by atoms with E-state index in [1.807, 2.05) is 0 Å². The quantitative estimate of drug-likeness (QED) is 0.597. The summed E-state index contributed by atoms with van der Waals surface area (Å²) in [4.78, 5) is 0. The minimum atomic E-state index is 0.197. The molecule has 2 aliphatic carbocycles. The fourth-order valence-corrected chi connectivity index (χ4v) is 4.93. The van der Waals surface area contributed by atoms with Crippen molar-refractivity contribution in [1.29, 1.82) is 0 Å². The van der Waals surface area contributed by atoms with Crippen LogP contribution in [0.15, 0.2) is 78.9 Å². The summed E-state index contributed by atoms with van der Waals surface area (Å²) < 4.78 is 0. The number of hydrogen-bond donors (Lipinski definition) is 0. The van der Waals surface area contributed by atoms with Crippen LogP contribution in [0.4, 0.5) is 0 Å². The van der Waals surface area contributed by atoms with Crippen LogP contribution >= 0.6 is 0 Å². The van der Waals surface area contributed by atoms with Crippen molar-refractivity contribution in [2.24, 2.45) is 5.92 Å². The van der Waals surface area contributed by atoms with Gasteiger partial charge in [0, 0.05) is 11.3 Å². The summed E-state index contributed by atoms with van der Waals surface area (Å²) in [6, 6.07) is 32.5. The number of fused-ring (bicyclic) bond motifs is 1. The van der Waals surface area contributed by atoms with E-state index in [1.165, 1.54) is 35.1 Å². The lowest BCUT2D eigenvalue weighted by atomic mass is 9.65. The Balaban J connectivity index is 1.77. The van der Waals surface area contributed by atoms with Crippen LogP contribution in [0.5, 0.6) is 0 Å². The lowest BCUT2D eigenvalue weighted by Gasteiger charge is -2.37. The first-order chi connectivity index (χ1) is 11.9. The smallest absolute Gasteiger partial charge is 0.0195 e. The molecular weight excluding hydrogens is 288 g/mol. The van der Waals surface area contributed by atoms with Crippen molar-refractivity contribution >= 4 is 0 Å². The number of hydrogen-bond acceptors (Lipinski definition) is 0. The normalized spacial score (nSPS) is 25.4. The van der Waals surface area contributed by atoms with Gasteiger partial charge in [0.2, 0.25) is 0 Å². The maximum Gasteiger partial charge on any atom is 0.0195 e. The van der Waals surface area contributed by atoms with Gasteiger partial charge in [-0.3, -0.25) is 0 Å². The van der Waals surface area contributed by atoms with Gasteiger partial charge in [0.25, 0.3) is 0 Å². The summed E-state index contributed by atoms with van der Waals surface area (Å²) >= 11 is 0. The fraction of sp³-hybridized carbons (Fsp3) is 0.250. The van der Waals surface area contributed by atoms with Gasteiger partial charge in [-0.05, 0) is 53.5 Å². The highest BCUT2D eigenvalue weighted by Crippen LogP contribution is 2.62. The van der Waals surface area contributed by atoms with Crippen LogP contribution in [0.3, 0.4) is 0 Å². The minimum Gasteiger partial charge on any atom is -0.0622 e. The standard InChI is InChI=1S/C24H21/c1-3-9-18(10-4-1)23-22-14-8-7-11-19(22)17-24(23,21-15-16-21)20-12-5-2-6-13-20/h1-10,12-14,21,23H,15-17H2. The van der Waals surface area contributed by atoms with Crippen molar-refractivity contribution in [3.63, 3.8) is 0 Å². The maximum atomic E-state index is 3.56. The molecule has 2 atom stereocenters. The van der Waals surface area contributed by atoms with Gasteiger partial charge in [-0.2, -0.15) is 0 Å².